The van der Waals surface area contributed by atoms with Gasteiger partial charge in [-0.1, -0.05) is 0 Å². The van der Waals surface area contributed by atoms with Gasteiger partial charge >= 0.3 is 6.18 Å². The molecule has 5 nitrogen and oxygen atoms in total. The summed E-state index contributed by atoms with van der Waals surface area (Å²) < 4.78 is 44.6. The Morgan fingerprint density at radius 2 is 1.89 bits per heavy atom. The molecule has 19 heavy (non-hydrogen) atoms. The molecule has 0 amide bonds. The Morgan fingerprint density at radius 1 is 1.26 bits per heavy atom. The lowest BCUT2D eigenvalue weighted by Crippen LogP contribution is -2.13. The summed E-state index contributed by atoms with van der Waals surface area (Å²) in [7, 11) is 0. The highest BCUT2D eigenvalue weighted by Crippen LogP contribution is 2.36. The molecule has 2 aromatic rings. The predicted molar refractivity (Wildman–Crippen MR) is 62.5 cm³/mol. The summed E-state index contributed by atoms with van der Waals surface area (Å²) in [6.45, 7) is 4.78. The molecule has 0 aromatic carbocycles. The summed E-state index contributed by atoms with van der Waals surface area (Å²) in [6, 6.07) is -0.575. The standard InChI is InChI=1S/C10H10BrF3N4O/c1-4-7(11)8(10(12,13)14)17-18(4)5(2)9-16-15-6(3)19-9/h5H,1-3H3. The van der Waals surface area contributed by atoms with Crippen LogP contribution in [-0.2, 0) is 6.18 Å². The van der Waals surface area contributed by atoms with E-state index >= 15 is 0 Å². The van der Waals surface area contributed by atoms with E-state index in [4.69, 9.17) is 4.42 Å². The van der Waals surface area contributed by atoms with Crippen LogP contribution in [0, 0.1) is 13.8 Å². The number of aryl methyl sites for hydroxylation is 1. The van der Waals surface area contributed by atoms with E-state index in [2.05, 4.69) is 31.2 Å². The Bertz CT molecular complexity index is 604. The minimum atomic E-state index is -4.51. The molecule has 0 N–H and O–H groups in total. The largest absolute Gasteiger partial charge is 0.436 e. The lowest BCUT2D eigenvalue weighted by atomic mass is 10.3. The molecule has 0 bridgehead atoms. The van der Waals surface area contributed by atoms with Crippen molar-refractivity contribution in [3.8, 4) is 0 Å². The first-order chi connectivity index (χ1) is 8.71. The molecule has 9 heteroatoms. The zero-order chi connectivity index (χ0) is 14.4. The van der Waals surface area contributed by atoms with Crippen LogP contribution in [0.15, 0.2) is 8.89 Å². The quantitative estimate of drug-likeness (QED) is 0.843. The van der Waals surface area contributed by atoms with Gasteiger partial charge in [0.1, 0.15) is 6.04 Å². The average Bonchev–Trinajstić information content (AvgIpc) is 2.84. The SMILES string of the molecule is Cc1nnc(C(C)n2nc(C(F)(F)F)c(Br)c2C)o1. The van der Waals surface area contributed by atoms with E-state index in [1.54, 1.807) is 13.8 Å². The van der Waals surface area contributed by atoms with Crippen molar-refractivity contribution in [2.24, 2.45) is 0 Å². The van der Waals surface area contributed by atoms with Crippen LogP contribution in [-0.4, -0.2) is 20.0 Å². The molecular weight excluding hydrogens is 329 g/mol. The van der Waals surface area contributed by atoms with Crippen molar-refractivity contribution < 1.29 is 17.6 Å². The van der Waals surface area contributed by atoms with Crippen molar-refractivity contribution in [1.82, 2.24) is 20.0 Å². The van der Waals surface area contributed by atoms with Crippen molar-refractivity contribution in [2.75, 3.05) is 0 Å². The van der Waals surface area contributed by atoms with Crippen LogP contribution in [0.5, 0.6) is 0 Å². The van der Waals surface area contributed by atoms with Crippen LogP contribution in [0.1, 0.15) is 36.1 Å². The molecule has 1 unspecified atom stereocenters. The molecule has 0 aliphatic rings. The molecule has 0 aliphatic heterocycles. The zero-order valence-electron chi connectivity index (χ0n) is 10.3. The molecule has 2 rings (SSSR count). The van der Waals surface area contributed by atoms with Crippen molar-refractivity contribution in [1.29, 1.82) is 0 Å². The monoisotopic (exact) mass is 338 g/mol. The second kappa shape index (κ2) is 4.62. The molecule has 104 valence electrons. The van der Waals surface area contributed by atoms with E-state index < -0.39 is 17.9 Å². The van der Waals surface area contributed by atoms with Gasteiger partial charge < -0.3 is 4.42 Å². The summed E-state index contributed by atoms with van der Waals surface area (Å²) in [5.41, 5.74) is -0.622. The number of hydrogen-bond donors (Lipinski definition) is 0. The van der Waals surface area contributed by atoms with Gasteiger partial charge in [-0.05, 0) is 29.8 Å². The molecule has 0 aliphatic carbocycles. The summed E-state index contributed by atoms with van der Waals surface area (Å²) in [6.07, 6.45) is -4.51. The van der Waals surface area contributed by atoms with Gasteiger partial charge in [-0.3, -0.25) is 4.68 Å². The predicted octanol–water partition coefficient (Wildman–Crippen LogP) is 3.27. The van der Waals surface area contributed by atoms with Crippen molar-refractivity contribution in [2.45, 2.75) is 33.0 Å². The van der Waals surface area contributed by atoms with Gasteiger partial charge in [0.25, 0.3) is 0 Å². The first kappa shape index (κ1) is 14.0. The molecule has 0 radical (unpaired) electrons. The minimum Gasteiger partial charge on any atom is -0.423 e. The van der Waals surface area contributed by atoms with Crippen molar-refractivity contribution in [3.63, 3.8) is 0 Å². The molecule has 0 saturated carbocycles. The van der Waals surface area contributed by atoms with Gasteiger partial charge in [-0.2, -0.15) is 18.3 Å². The highest BCUT2D eigenvalue weighted by Gasteiger charge is 2.38. The van der Waals surface area contributed by atoms with Crippen LogP contribution >= 0.6 is 15.9 Å². The Kier molecular flexibility index (Phi) is 3.41. The van der Waals surface area contributed by atoms with Gasteiger partial charge in [-0.15, -0.1) is 10.2 Å². The maximum absolute atomic E-state index is 12.8. The smallest absolute Gasteiger partial charge is 0.423 e. The summed E-state index contributed by atoms with van der Waals surface area (Å²) in [5, 5.41) is 11.0. The second-order valence-corrected chi connectivity index (χ2v) is 4.82. The third-order valence-electron chi connectivity index (χ3n) is 2.61. The highest BCUT2D eigenvalue weighted by molar-refractivity contribution is 9.10. The van der Waals surface area contributed by atoms with Gasteiger partial charge in [0.05, 0.1) is 10.2 Å². The van der Waals surface area contributed by atoms with E-state index in [0.29, 0.717) is 11.6 Å². The summed E-state index contributed by atoms with van der Waals surface area (Å²) in [4.78, 5) is 0. The zero-order valence-corrected chi connectivity index (χ0v) is 11.9. The maximum atomic E-state index is 12.8. The number of rotatable bonds is 2. The van der Waals surface area contributed by atoms with Crippen LogP contribution in [0.4, 0.5) is 13.2 Å². The van der Waals surface area contributed by atoms with Gasteiger partial charge in [0.2, 0.25) is 11.8 Å². The average molecular weight is 339 g/mol. The van der Waals surface area contributed by atoms with Crippen molar-refractivity contribution in [3.05, 3.63) is 27.6 Å². The molecule has 2 heterocycles. The molecule has 0 saturated heterocycles. The first-order valence-electron chi connectivity index (χ1n) is 5.33. The normalized spacial score (nSPS) is 13.8. The minimum absolute atomic E-state index is 0.0805. The van der Waals surface area contributed by atoms with E-state index in [0.717, 1.165) is 0 Å². The van der Waals surface area contributed by atoms with Gasteiger partial charge in [-0.25, -0.2) is 0 Å². The third kappa shape index (κ3) is 2.51. The van der Waals surface area contributed by atoms with Crippen LogP contribution < -0.4 is 0 Å². The topological polar surface area (TPSA) is 56.7 Å². The van der Waals surface area contributed by atoms with Gasteiger partial charge in [0, 0.05) is 6.92 Å². The van der Waals surface area contributed by atoms with E-state index in [9.17, 15) is 13.2 Å². The number of alkyl halides is 3. The summed E-state index contributed by atoms with van der Waals surface area (Å²) >= 11 is 2.91. The Labute approximate surface area is 114 Å². The van der Waals surface area contributed by atoms with Gasteiger partial charge in [0.15, 0.2) is 5.69 Å². The second-order valence-electron chi connectivity index (χ2n) is 4.03. The van der Waals surface area contributed by atoms with Crippen molar-refractivity contribution >= 4 is 15.9 Å². The first-order valence-corrected chi connectivity index (χ1v) is 6.13. The Hall–Kier alpha value is -1.38. The number of nitrogens with zero attached hydrogens (tertiary/aromatic N) is 4. The number of hydrogen-bond acceptors (Lipinski definition) is 4. The fourth-order valence-electron chi connectivity index (χ4n) is 1.64. The number of aromatic nitrogens is 4. The Balaban J connectivity index is 2.46. The lowest BCUT2D eigenvalue weighted by molar-refractivity contribution is -0.142. The molecular formula is C10H10BrF3N4O. The molecule has 1 atom stereocenters. The van der Waals surface area contributed by atoms with Crippen LogP contribution in [0.25, 0.3) is 0 Å². The van der Waals surface area contributed by atoms with Crippen LogP contribution in [0.2, 0.25) is 0 Å². The molecule has 0 spiro atoms. The van der Waals surface area contributed by atoms with Crippen LogP contribution in [0.3, 0.4) is 0 Å². The van der Waals surface area contributed by atoms with E-state index in [-0.39, 0.29) is 10.4 Å². The fourth-order valence-corrected chi connectivity index (χ4v) is 2.13. The molecule has 2 aromatic heterocycles. The highest BCUT2D eigenvalue weighted by atomic mass is 79.9. The third-order valence-corrected chi connectivity index (χ3v) is 3.56. The van der Waals surface area contributed by atoms with E-state index in [1.165, 1.54) is 11.6 Å². The molecule has 0 fully saturated rings. The number of halogens is 4. The summed E-state index contributed by atoms with van der Waals surface area (Å²) in [5.74, 6) is 0.561. The Morgan fingerprint density at radius 3 is 2.32 bits per heavy atom. The lowest BCUT2D eigenvalue weighted by Gasteiger charge is -2.09. The maximum Gasteiger partial charge on any atom is 0.436 e. The van der Waals surface area contributed by atoms with E-state index in [1.807, 2.05) is 0 Å². The fraction of sp³-hybridized carbons (Fsp3) is 0.500.